The van der Waals surface area contributed by atoms with Gasteiger partial charge in [0.1, 0.15) is 6.07 Å². The number of rotatable bonds is 3. The fourth-order valence-corrected chi connectivity index (χ4v) is 1.41. The Balaban J connectivity index is 2.46. The Morgan fingerprint density at radius 2 is 2.38 bits per heavy atom. The first-order valence-electron chi connectivity index (χ1n) is 5.14. The van der Waals surface area contributed by atoms with E-state index in [-0.39, 0.29) is 0 Å². The lowest BCUT2D eigenvalue weighted by molar-refractivity contribution is 0.303. The van der Waals surface area contributed by atoms with E-state index in [0.29, 0.717) is 23.7 Å². The Bertz CT molecular complexity index is 553. The summed E-state index contributed by atoms with van der Waals surface area (Å²) in [5.74, 6) is 0.549. The van der Waals surface area contributed by atoms with E-state index >= 15 is 0 Å². The van der Waals surface area contributed by atoms with Gasteiger partial charge in [-0.2, -0.15) is 5.26 Å². The third-order valence-corrected chi connectivity index (χ3v) is 2.28. The molecule has 0 spiro atoms. The fourth-order valence-electron chi connectivity index (χ4n) is 1.41. The second-order valence-corrected chi connectivity index (χ2v) is 3.47. The highest BCUT2D eigenvalue weighted by atomic mass is 16.5. The van der Waals surface area contributed by atoms with E-state index in [4.69, 9.17) is 10.00 Å². The van der Waals surface area contributed by atoms with E-state index in [1.165, 1.54) is 0 Å². The van der Waals surface area contributed by atoms with Gasteiger partial charge in [0.2, 0.25) is 5.88 Å². The van der Waals surface area contributed by atoms with Crippen molar-refractivity contribution >= 4 is 5.65 Å². The van der Waals surface area contributed by atoms with Crippen molar-refractivity contribution in [2.24, 2.45) is 0 Å². The first-order chi connectivity index (χ1) is 7.76. The summed E-state index contributed by atoms with van der Waals surface area (Å²) in [4.78, 5) is 4.14. The third kappa shape index (κ3) is 1.70. The summed E-state index contributed by atoms with van der Waals surface area (Å²) in [5.41, 5.74) is 2.00. The van der Waals surface area contributed by atoms with E-state index in [2.05, 4.69) is 16.2 Å². The van der Waals surface area contributed by atoms with E-state index < -0.39 is 0 Å². The summed E-state index contributed by atoms with van der Waals surface area (Å²) >= 11 is 0. The van der Waals surface area contributed by atoms with Crippen LogP contribution in [-0.4, -0.2) is 21.2 Å². The number of nitrogens with zero attached hydrogens (tertiary/aromatic N) is 4. The zero-order chi connectivity index (χ0) is 11.5. The van der Waals surface area contributed by atoms with Crippen LogP contribution in [0.25, 0.3) is 5.65 Å². The normalized spacial score (nSPS) is 10.3. The minimum absolute atomic E-state index is 0.526. The van der Waals surface area contributed by atoms with Gasteiger partial charge in [0.25, 0.3) is 0 Å². The van der Waals surface area contributed by atoms with E-state index in [1.54, 1.807) is 16.8 Å². The van der Waals surface area contributed by atoms with Crippen LogP contribution in [0.4, 0.5) is 0 Å². The maximum Gasteiger partial charge on any atom is 0.235 e. The second kappa shape index (κ2) is 4.19. The summed E-state index contributed by atoms with van der Waals surface area (Å²) < 4.78 is 7.04. The van der Waals surface area contributed by atoms with Crippen LogP contribution in [0.5, 0.6) is 5.88 Å². The molecule has 2 heterocycles. The van der Waals surface area contributed by atoms with Crippen molar-refractivity contribution in [2.45, 2.75) is 20.3 Å². The van der Waals surface area contributed by atoms with Crippen LogP contribution in [0.3, 0.4) is 0 Å². The average Bonchev–Trinajstić information content (AvgIpc) is 2.71. The molecule has 0 N–H and O–H groups in total. The Hall–Kier alpha value is -2.09. The molecule has 2 aromatic rings. The van der Waals surface area contributed by atoms with Crippen molar-refractivity contribution in [3.63, 3.8) is 0 Å². The maximum absolute atomic E-state index is 8.86. The predicted molar refractivity (Wildman–Crippen MR) is 58.2 cm³/mol. The number of aryl methyl sites for hydroxylation is 1. The van der Waals surface area contributed by atoms with Gasteiger partial charge in [-0.3, -0.25) is 0 Å². The molecular weight excluding hydrogens is 204 g/mol. The van der Waals surface area contributed by atoms with Crippen molar-refractivity contribution in [1.82, 2.24) is 14.6 Å². The van der Waals surface area contributed by atoms with Crippen LogP contribution >= 0.6 is 0 Å². The molecule has 5 heteroatoms. The molecule has 0 unspecified atom stereocenters. The Morgan fingerprint density at radius 3 is 3.06 bits per heavy atom. The van der Waals surface area contributed by atoms with Crippen LogP contribution in [0.2, 0.25) is 0 Å². The van der Waals surface area contributed by atoms with Crippen LogP contribution < -0.4 is 4.74 Å². The lowest BCUT2D eigenvalue weighted by atomic mass is 10.3. The van der Waals surface area contributed by atoms with Crippen LogP contribution in [0.15, 0.2) is 12.3 Å². The molecular formula is C11H12N4O. The van der Waals surface area contributed by atoms with Crippen LogP contribution in [0.1, 0.15) is 24.6 Å². The molecule has 82 valence electrons. The summed E-state index contributed by atoms with van der Waals surface area (Å²) in [6, 6.07) is 3.84. The van der Waals surface area contributed by atoms with Gasteiger partial charge in [-0.15, -0.1) is 5.10 Å². The Kier molecular flexibility index (Phi) is 2.73. The van der Waals surface area contributed by atoms with Gasteiger partial charge in [0, 0.05) is 12.3 Å². The van der Waals surface area contributed by atoms with Crippen molar-refractivity contribution in [1.29, 1.82) is 5.26 Å². The van der Waals surface area contributed by atoms with Gasteiger partial charge in [0.15, 0.2) is 5.65 Å². The molecule has 0 saturated heterocycles. The molecule has 0 fully saturated rings. The van der Waals surface area contributed by atoms with Crippen LogP contribution in [-0.2, 0) is 0 Å². The highest BCUT2D eigenvalue weighted by Gasteiger charge is 2.08. The summed E-state index contributed by atoms with van der Waals surface area (Å²) in [7, 11) is 0. The Labute approximate surface area is 93.3 Å². The van der Waals surface area contributed by atoms with E-state index in [9.17, 15) is 0 Å². The lowest BCUT2D eigenvalue weighted by Gasteiger charge is -1.99. The molecule has 0 amide bonds. The molecule has 0 aliphatic carbocycles. The number of aromatic nitrogens is 3. The molecule has 0 aliphatic rings. The van der Waals surface area contributed by atoms with Crippen molar-refractivity contribution in [3.8, 4) is 11.9 Å². The first kappa shape index (κ1) is 10.4. The molecule has 0 radical (unpaired) electrons. The molecule has 0 aromatic carbocycles. The molecule has 0 bridgehead atoms. The van der Waals surface area contributed by atoms with Gasteiger partial charge in [-0.1, -0.05) is 6.92 Å². The molecule has 2 rings (SSSR count). The minimum Gasteiger partial charge on any atom is -0.477 e. The SMILES string of the molecule is CCCOc1cc2ncc(C#N)c(C)n2n1. The first-order valence-corrected chi connectivity index (χ1v) is 5.14. The highest BCUT2D eigenvalue weighted by Crippen LogP contribution is 2.15. The van der Waals surface area contributed by atoms with Gasteiger partial charge >= 0.3 is 0 Å². The second-order valence-electron chi connectivity index (χ2n) is 3.47. The average molecular weight is 216 g/mol. The number of hydrogen-bond acceptors (Lipinski definition) is 4. The highest BCUT2D eigenvalue weighted by molar-refractivity contribution is 5.46. The monoisotopic (exact) mass is 216 g/mol. The third-order valence-electron chi connectivity index (χ3n) is 2.28. The largest absolute Gasteiger partial charge is 0.477 e. The lowest BCUT2D eigenvalue weighted by Crippen LogP contribution is -2.00. The van der Waals surface area contributed by atoms with Gasteiger partial charge in [-0.25, -0.2) is 9.50 Å². The smallest absolute Gasteiger partial charge is 0.235 e. The molecule has 16 heavy (non-hydrogen) atoms. The van der Waals surface area contributed by atoms with Crippen molar-refractivity contribution < 1.29 is 4.74 Å². The predicted octanol–water partition coefficient (Wildman–Crippen LogP) is 1.70. The van der Waals surface area contributed by atoms with Gasteiger partial charge in [-0.05, 0) is 13.3 Å². The quantitative estimate of drug-likeness (QED) is 0.783. The molecule has 5 nitrogen and oxygen atoms in total. The summed E-state index contributed by atoms with van der Waals surface area (Å²) in [6.07, 6.45) is 2.49. The summed E-state index contributed by atoms with van der Waals surface area (Å²) in [6.45, 7) is 4.50. The zero-order valence-electron chi connectivity index (χ0n) is 9.27. The number of ether oxygens (including phenoxy) is 1. The standard InChI is InChI=1S/C11H12N4O/c1-3-4-16-11-5-10-13-7-9(6-12)8(2)15(10)14-11/h5,7H,3-4H2,1-2H3. The van der Waals surface area contributed by atoms with E-state index in [0.717, 1.165) is 12.1 Å². The molecule has 0 saturated carbocycles. The topological polar surface area (TPSA) is 63.2 Å². The molecule has 0 aliphatic heterocycles. The summed E-state index contributed by atoms with van der Waals surface area (Å²) in [5, 5.41) is 13.1. The number of hydrogen-bond donors (Lipinski definition) is 0. The van der Waals surface area contributed by atoms with E-state index in [1.807, 2.05) is 13.8 Å². The van der Waals surface area contributed by atoms with Crippen LogP contribution in [0, 0.1) is 18.3 Å². The Morgan fingerprint density at radius 1 is 1.56 bits per heavy atom. The van der Waals surface area contributed by atoms with Gasteiger partial charge < -0.3 is 4.74 Å². The molecule has 0 atom stereocenters. The van der Waals surface area contributed by atoms with Crippen molar-refractivity contribution in [3.05, 3.63) is 23.5 Å². The number of nitriles is 1. The van der Waals surface area contributed by atoms with Gasteiger partial charge in [0.05, 0.1) is 17.9 Å². The maximum atomic E-state index is 8.86. The van der Waals surface area contributed by atoms with Crippen molar-refractivity contribution in [2.75, 3.05) is 6.61 Å². The minimum atomic E-state index is 0.526. The molecule has 2 aromatic heterocycles. The number of fused-ring (bicyclic) bond motifs is 1. The fraction of sp³-hybridized carbons (Fsp3) is 0.364. The zero-order valence-corrected chi connectivity index (χ0v) is 9.27.